The number of amides is 2. The van der Waals surface area contributed by atoms with Crippen molar-refractivity contribution in [3.05, 3.63) is 59.7 Å². The number of aliphatic carboxylic acids is 1. The molecule has 0 spiro atoms. The standard InChI is InChI=1S/C23H24N2O6/c1-14(20(26)27)31-25-21(28)23(10-11-23)13-24-22(29)30-12-19-17-8-4-2-6-15(17)16-7-3-5-9-18(16)19/h2-9,14,19H,10-13H2,1H3,(H,24,29)(H,25,28)(H,26,27). The molecule has 0 bridgehead atoms. The first-order valence-electron chi connectivity index (χ1n) is 10.2. The van der Waals surface area contributed by atoms with Crippen molar-refractivity contribution < 1.29 is 29.1 Å². The van der Waals surface area contributed by atoms with E-state index in [0.717, 1.165) is 22.3 Å². The molecular weight excluding hydrogens is 400 g/mol. The molecule has 2 aromatic rings. The molecule has 31 heavy (non-hydrogen) atoms. The van der Waals surface area contributed by atoms with Gasteiger partial charge in [0.1, 0.15) is 6.61 Å². The number of fused-ring (bicyclic) bond motifs is 3. The number of benzene rings is 2. The number of nitrogens with one attached hydrogen (secondary N) is 2. The summed E-state index contributed by atoms with van der Waals surface area (Å²) < 4.78 is 5.48. The van der Waals surface area contributed by atoms with Gasteiger partial charge >= 0.3 is 12.1 Å². The molecule has 0 heterocycles. The maximum Gasteiger partial charge on any atom is 0.407 e. The van der Waals surface area contributed by atoms with Crippen LogP contribution >= 0.6 is 0 Å². The highest BCUT2D eigenvalue weighted by atomic mass is 16.7. The molecule has 0 saturated heterocycles. The van der Waals surface area contributed by atoms with Crippen molar-refractivity contribution >= 4 is 18.0 Å². The number of carbonyl (C=O) groups excluding carboxylic acids is 2. The molecule has 1 atom stereocenters. The number of rotatable bonds is 8. The number of ether oxygens (including phenoxy) is 1. The molecular formula is C23H24N2O6. The van der Waals surface area contributed by atoms with E-state index < -0.39 is 29.5 Å². The van der Waals surface area contributed by atoms with Crippen LogP contribution in [0.2, 0.25) is 0 Å². The van der Waals surface area contributed by atoms with Gasteiger partial charge in [-0.15, -0.1) is 0 Å². The topological polar surface area (TPSA) is 114 Å². The Morgan fingerprint density at radius 2 is 1.65 bits per heavy atom. The molecule has 3 N–H and O–H groups in total. The van der Waals surface area contributed by atoms with Gasteiger partial charge in [0.15, 0.2) is 6.10 Å². The summed E-state index contributed by atoms with van der Waals surface area (Å²) in [4.78, 5) is 40.2. The molecule has 2 aromatic carbocycles. The van der Waals surface area contributed by atoms with Crippen LogP contribution in [0.3, 0.4) is 0 Å². The van der Waals surface area contributed by atoms with Crippen LogP contribution in [0.4, 0.5) is 4.79 Å². The van der Waals surface area contributed by atoms with E-state index in [1.807, 2.05) is 36.4 Å². The van der Waals surface area contributed by atoms with E-state index in [4.69, 9.17) is 14.7 Å². The lowest BCUT2D eigenvalue weighted by Crippen LogP contribution is -2.42. The van der Waals surface area contributed by atoms with Crippen molar-refractivity contribution in [2.75, 3.05) is 13.2 Å². The fourth-order valence-electron chi connectivity index (χ4n) is 3.83. The molecule has 0 radical (unpaired) electrons. The van der Waals surface area contributed by atoms with Gasteiger partial charge in [0.2, 0.25) is 0 Å². The molecule has 0 aliphatic heterocycles. The zero-order chi connectivity index (χ0) is 22.0. The number of carbonyl (C=O) groups is 3. The number of hydrogen-bond donors (Lipinski definition) is 3. The summed E-state index contributed by atoms with van der Waals surface area (Å²) in [5, 5.41) is 11.5. The molecule has 4 rings (SSSR count). The van der Waals surface area contributed by atoms with Gasteiger partial charge in [-0.1, -0.05) is 48.5 Å². The van der Waals surface area contributed by atoms with Gasteiger partial charge < -0.3 is 15.2 Å². The minimum absolute atomic E-state index is 0.0396. The quantitative estimate of drug-likeness (QED) is 0.562. The molecule has 2 aliphatic carbocycles. The van der Waals surface area contributed by atoms with E-state index in [-0.39, 0.29) is 19.1 Å². The molecule has 2 aliphatic rings. The average molecular weight is 424 g/mol. The highest BCUT2D eigenvalue weighted by Gasteiger charge is 2.50. The second-order valence-corrected chi connectivity index (χ2v) is 7.99. The van der Waals surface area contributed by atoms with E-state index in [1.54, 1.807) is 0 Å². The molecule has 8 nitrogen and oxygen atoms in total. The largest absolute Gasteiger partial charge is 0.479 e. The Hall–Kier alpha value is -3.39. The Labute approximate surface area is 179 Å². The molecule has 0 aromatic heterocycles. The molecule has 1 fully saturated rings. The first kappa shape index (κ1) is 20.9. The van der Waals surface area contributed by atoms with Crippen LogP contribution in [0.25, 0.3) is 11.1 Å². The predicted molar refractivity (Wildman–Crippen MR) is 111 cm³/mol. The highest BCUT2D eigenvalue weighted by molar-refractivity contribution is 5.85. The van der Waals surface area contributed by atoms with E-state index in [1.165, 1.54) is 6.92 Å². The maximum absolute atomic E-state index is 12.3. The predicted octanol–water partition coefficient (Wildman–Crippen LogP) is 2.83. The second kappa shape index (κ2) is 8.39. The van der Waals surface area contributed by atoms with Crippen LogP contribution in [0.15, 0.2) is 48.5 Å². The van der Waals surface area contributed by atoms with Crippen LogP contribution in [0, 0.1) is 5.41 Å². The summed E-state index contributed by atoms with van der Waals surface area (Å²) >= 11 is 0. The van der Waals surface area contributed by atoms with Crippen molar-refractivity contribution in [2.45, 2.75) is 31.8 Å². The van der Waals surface area contributed by atoms with Crippen molar-refractivity contribution in [1.82, 2.24) is 10.8 Å². The van der Waals surface area contributed by atoms with E-state index in [0.29, 0.717) is 12.8 Å². The zero-order valence-electron chi connectivity index (χ0n) is 17.1. The third-order valence-electron chi connectivity index (χ3n) is 5.93. The fraction of sp³-hybridized carbons (Fsp3) is 0.348. The number of hydrogen-bond acceptors (Lipinski definition) is 5. The Kier molecular flexibility index (Phi) is 5.65. The van der Waals surface area contributed by atoms with E-state index >= 15 is 0 Å². The monoisotopic (exact) mass is 424 g/mol. The van der Waals surface area contributed by atoms with Gasteiger partial charge in [0.25, 0.3) is 5.91 Å². The van der Waals surface area contributed by atoms with Gasteiger partial charge in [-0.3, -0.25) is 9.63 Å². The molecule has 8 heteroatoms. The lowest BCUT2D eigenvalue weighted by Gasteiger charge is -2.18. The van der Waals surface area contributed by atoms with Gasteiger partial charge in [0, 0.05) is 12.5 Å². The lowest BCUT2D eigenvalue weighted by atomic mass is 9.98. The van der Waals surface area contributed by atoms with Crippen LogP contribution < -0.4 is 10.8 Å². The van der Waals surface area contributed by atoms with E-state index in [2.05, 4.69) is 22.9 Å². The summed E-state index contributed by atoms with van der Waals surface area (Å²) in [6.07, 6.45) is -0.601. The molecule has 1 unspecified atom stereocenters. The van der Waals surface area contributed by atoms with Gasteiger partial charge in [-0.2, -0.15) is 0 Å². The summed E-state index contributed by atoms with van der Waals surface area (Å²) in [5.41, 5.74) is 5.94. The van der Waals surface area contributed by atoms with Gasteiger partial charge in [-0.25, -0.2) is 15.1 Å². The zero-order valence-corrected chi connectivity index (χ0v) is 17.1. The normalized spacial score (nSPS) is 16.5. The second-order valence-electron chi connectivity index (χ2n) is 7.99. The van der Waals surface area contributed by atoms with Crippen molar-refractivity contribution in [3.8, 4) is 11.1 Å². The minimum Gasteiger partial charge on any atom is -0.479 e. The third kappa shape index (κ3) is 4.25. The minimum atomic E-state index is -1.18. The Morgan fingerprint density at radius 3 is 2.19 bits per heavy atom. The van der Waals surface area contributed by atoms with Crippen LogP contribution in [-0.4, -0.2) is 42.3 Å². The Morgan fingerprint density at radius 1 is 1.06 bits per heavy atom. The summed E-state index contributed by atoms with van der Waals surface area (Å²) in [7, 11) is 0. The van der Waals surface area contributed by atoms with Crippen LogP contribution in [0.5, 0.6) is 0 Å². The van der Waals surface area contributed by atoms with Gasteiger partial charge in [0.05, 0.1) is 5.41 Å². The smallest absolute Gasteiger partial charge is 0.407 e. The van der Waals surface area contributed by atoms with Crippen molar-refractivity contribution in [2.24, 2.45) is 5.41 Å². The summed E-state index contributed by atoms with van der Waals surface area (Å²) in [6.45, 7) is 1.61. The first-order valence-corrected chi connectivity index (χ1v) is 10.2. The SMILES string of the molecule is CC(ONC(=O)C1(CNC(=O)OCC2c3ccccc3-c3ccccc32)CC1)C(=O)O. The average Bonchev–Trinajstić information content (AvgIpc) is 3.51. The van der Waals surface area contributed by atoms with Gasteiger partial charge in [-0.05, 0) is 42.0 Å². The highest BCUT2D eigenvalue weighted by Crippen LogP contribution is 2.46. The molecule has 162 valence electrons. The van der Waals surface area contributed by atoms with Crippen LogP contribution in [-0.2, 0) is 19.2 Å². The van der Waals surface area contributed by atoms with E-state index in [9.17, 15) is 14.4 Å². The maximum atomic E-state index is 12.3. The Bertz CT molecular complexity index is 971. The summed E-state index contributed by atoms with van der Waals surface area (Å²) in [6, 6.07) is 16.2. The molecule has 2 amide bonds. The lowest BCUT2D eigenvalue weighted by molar-refractivity contribution is -0.160. The van der Waals surface area contributed by atoms with Crippen LogP contribution in [0.1, 0.15) is 36.8 Å². The van der Waals surface area contributed by atoms with Crippen molar-refractivity contribution in [3.63, 3.8) is 0 Å². The fourth-order valence-corrected chi connectivity index (χ4v) is 3.83. The number of hydroxylamine groups is 1. The van der Waals surface area contributed by atoms with Crippen molar-refractivity contribution in [1.29, 1.82) is 0 Å². The third-order valence-corrected chi connectivity index (χ3v) is 5.93. The Balaban J connectivity index is 1.30. The number of carboxylic acid groups (broad SMARTS) is 1. The molecule has 1 saturated carbocycles. The number of carboxylic acids is 1. The first-order chi connectivity index (χ1) is 14.9. The number of alkyl carbamates (subject to hydrolysis) is 1. The summed E-state index contributed by atoms with van der Waals surface area (Å²) in [5.74, 6) is -1.66.